The summed E-state index contributed by atoms with van der Waals surface area (Å²) in [6.07, 6.45) is 5.54. The molecule has 1 aromatic carbocycles. The molecule has 242 valence electrons. The molecule has 5 rings (SSSR count). The Morgan fingerprint density at radius 2 is 1.93 bits per heavy atom. The molecule has 0 bridgehead atoms. The summed E-state index contributed by atoms with van der Waals surface area (Å²) < 4.78 is 25.1. The van der Waals surface area contributed by atoms with E-state index in [1.807, 2.05) is 22.8 Å². The molecular weight excluding hydrogens is 602 g/mol. The minimum absolute atomic E-state index is 0.0108. The summed E-state index contributed by atoms with van der Waals surface area (Å²) in [7, 11) is -1.31. The summed E-state index contributed by atoms with van der Waals surface area (Å²) in [5, 5.41) is 13.4. The normalized spacial score (nSPS) is 14.2. The molecule has 12 nitrogen and oxygen atoms in total. The van der Waals surface area contributed by atoms with Crippen molar-refractivity contribution in [1.29, 1.82) is 5.26 Å². The van der Waals surface area contributed by atoms with Gasteiger partial charge in [0.2, 0.25) is 0 Å². The number of nitriles is 1. The molecule has 0 unspecified atom stereocenters. The molecule has 1 amide bonds. The molecular formula is C33H41N7O5Si. The van der Waals surface area contributed by atoms with Crippen LogP contribution >= 0.6 is 0 Å². The van der Waals surface area contributed by atoms with Gasteiger partial charge in [0.25, 0.3) is 0 Å². The number of nitrogens with zero attached hydrogens (tertiary/aromatic N) is 6. The van der Waals surface area contributed by atoms with Crippen molar-refractivity contribution in [1.82, 2.24) is 24.5 Å². The van der Waals surface area contributed by atoms with Crippen molar-refractivity contribution in [3.05, 3.63) is 48.5 Å². The third kappa shape index (κ3) is 8.45. The summed E-state index contributed by atoms with van der Waals surface area (Å²) in [4.78, 5) is 30.7. The van der Waals surface area contributed by atoms with Crippen LogP contribution in [0.5, 0.6) is 5.75 Å². The van der Waals surface area contributed by atoms with E-state index in [9.17, 15) is 10.1 Å². The zero-order valence-electron chi connectivity index (χ0n) is 27.3. The van der Waals surface area contributed by atoms with E-state index in [1.54, 1.807) is 33.0 Å². The molecule has 1 N–H and O–H groups in total. The Hall–Kier alpha value is -4.38. The van der Waals surface area contributed by atoms with E-state index < -0.39 is 19.8 Å². The number of hydrogen-bond donors (Lipinski definition) is 1. The highest BCUT2D eigenvalue weighted by molar-refractivity contribution is 6.76. The van der Waals surface area contributed by atoms with Crippen molar-refractivity contribution in [2.24, 2.45) is 0 Å². The lowest BCUT2D eigenvalue weighted by Crippen LogP contribution is -2.27. The van der Waals surface area contributed by atoms with Crippen LogP contribution in [-0.2, 0) is 20.9 Å². The fourth-order valence-corrected chi connectivity index (χ4v) is 5.73. The minimum atomic E-state index is -1.31. The fraction of sp³-hybridized carbons (Fsp3) is 0.455. The maximum absolute atomic E-state index is 12.4. The second-order valence-electron chi connectivity index (χ2n) is 13.4. The summed E-state index contributed by atoms with van der Waals surface area (Å²) >= 11 is 0. The SMILES string of the molecule is CC(C)(C)OC(=O)Nc1cncc(-c2cc3c(-c4ccc(OC5CCOCC5)c(C#N)c4)ncnc3n2COCC[Si](C)(C)C)n1. The molecule has 46 heavy (non-hydrogen) atoms. The highest BCUT2D eigenvalue weighted by Gasteiger charge is 2.22. The van der Waals surface area contributed by atoms with Crippen LogP contribution in [0, 0.1) is 11.3 Å². The van der Waals surface area contributed by atoms with Crippen LogP contribution in [0.25, 0.3) is 33.7 Å². The lowest BCUT2D eigenvalue weighted by Gasteiger charge is -2.23. The van der Waals surface area contributed by atoms with E-state index in [4.69, 9.17) is 18.9 Å². The Bertz CT molecular complexity index is 1730. The van der Waals surface area contributed by atoms with Gasteiger partial charge in [0.1, 0.15) is 47.9 Å². The van der Waals surface area contributed by atoms with Crippen molar-refractivity contribution in [3.8, 4) is 34.5 Å². The Labute approximate surface area is 270 Å². The third-order valence-electron chi connectivity index (χ3n) is 7.27. The second kappa shape index (κ2) is 13.9. The highest BCUT2D eigenvalue weighted by atomic mass is 28.3. The van der Waals surface area contributed by atoms with Crippen LogP contribution in [0.3, 0.4) is 0 Å². The molecule has 0 spiro atoms. The number of ether oxygens (including phenoxy) is 4. The first kappa shape index (κ1) is 33.0. The standard InChI is InChI=1S/C33H41N7O5Si/c1-33(2,3)45-32(41)39-29-19-35-18-26(38-29)27-16-25-30(36-20-37-31(25)40(27)21-43-13-14-46(4,5)6)22-7-8-28(23(15-22)17-34)44-24-9-11-42-12-10-24/h7-8,15-16,18-20,24H,9-14,21H2,1-6H3,(H,38,39,41). The Morgan fingerprint density at radius 1 is 1.15 bits per heavy atom. The summed E-state index contributed by atoms with van der Waals surface area (Å²) in [6, 6.07) is 10.8. The van der Waals surface area contributed by atoms with Gasteiger partial charge in [-0.1, -0.05) is 19.6 Å². The van der Waals surface area contributed by atoms with Crippen molar-refractivity contribution in [2.75, 3.05) is 25.1 Å². The molecule has 3 aromatic heterocycles. The van der Waals surface area contributed by atoms with Crippen LogP contribution in [0.1, 0.15) is 39.2 Å². The van der Waals surface area contributed by atoms with Gasteiger partial charge in [-0.15, -0.1) is 0 Å². The molecule has 1 fully saturated rings. The van der Waals surface area contributed by atoms with Gasteiger partial charge in [-0.25, -0.2) is 19.7 Å². The molecule has 1 aliphatic rings. The Kier molecular flexibility index (Phi) is 10.0. The van der Waals surface area contributed by atoms with Crippen LogP contribution < -0.4 is 10.1 Å². The van der Waals surface area contributed by atoms with Crippen molar-refractivity contribution >= 4 is 31.0 Å². The number of anilines is 1. The van der Waals surface area contributed by atoms with E-state index in [-0.39, 0.29) is 18.7 Å². The van der Waals surface area contributed by atoms with Gasteiger partial charge in [0.15, 0.2) is 5.82 Å². The van der Waals surface area contributed by atoms with E-state index >= 15 is 0 Å². The molecule has 13 heteroatoms. The number of fused-ring (bicyclic) bond motifs is 1. The smallest absolute Gasteiger partial charge is 0.413 e. The van der Waals surface area contributed by atoms with Crippen molar-refractivity contribution in [2.45, 2.75) is 77.7 Å². The van der Waals surface area contributed by atoms with Crippen LogP contribution in [0.2, 0.25) is 25.7 Å². The maximum atomic E-state index is 12.4. The van der Waals surface area contributed by atoms with Crippen molar-refractivity contribution in [3.63, 3.8) is 0 Å². The zero-order valence-corrected chi connectivity index (χ0v) is 28.3. The molecule has 1 aliphatic heterocycles. The topological polar surface area (TPSA) is 146 Å². The number of rotatable bonds is 10. The number of hydrogen-bond acceptors (Lipinski definition) is 10. The number of carbonyl (C=O) groups excluding carboxylic acids is 1. The number of aromatic nitrogens is 5. The quantitative estimate of drug-likeness (QED) is 0.147. The maximum Gasteiger partial charge on any atom is 0.413 e. The summed E-state index contributed by atoms with van der Waals surface area (Å²) in [5.41, 5.74) is 2.99. The van der Waals surface area contributed by atoms with Gasteiger partial charge in [0, 0.05) is 38.5 Å². The predicted octanol–water partition coefficient (Wildman–Crippen LogP) is 6.64. The lowest BCUT2D eigenvalue weighted by molar-refractivity contribution is 0.0254. The van der Waals surface area contributed by atoms with Gasteiger partial charge < -0.3 is 18.9 Å². The third-order valence-corrected chi connectivity index (χ3v) is 8.97. The second-order valence-corrected chi connectivity index (χ2v) is 19.1. The van der Waals surface area contributed by atoms with Gasteiger partial charge in [-0.3, -0.25) is 14.9 Å². The lowest BCUT2D eigenvalue weighted by atomic mass is 10.0. The molecule has 0 saturated carbocycles. The van der Waals surface area contributed by atoms with Gasteiger partial charge >= 0.3 is 6.09 Å². The molecule has 0 radical (unpaired) electrons. The number of benzene rings is 1. The largest absolute Gasteiger partial charge is 0.489 e. The Balaban J connectivity index is 1.52. The molecule has 4 heterocycles. The monoisotopic (exact) mass is 643 g/mol. The average Bonchev–Trinajstić information content (AvgIpc) is 3.37. The molecule has 0 aliphatic carbocycles. The summed E-state index contributed by atoms with van der Waals surface area (Å²) in [5.74, 6) is 0.787. The zero-order chi connectivity index (χ0) is 32.9. The number of nitrogens with one attached hydrogen (secondary N) is 1. The fourth-order valence-electron chi connectivity index (χ4n) is 4.97. The number of amides is 1. The van der Waals surface area contributed by atoms with E-state index in [1.165, 1.54) is 12.5 Å². The van der Waals surface area contributed by atoms with Crippen molar-refractivity contribution < 1.29 is 23.7 Å². The van der Waals surface area contributed by atoms with Crippen LogP contribution in [-0.4, -0.2) is 70.2 Å². The van der Waals surface area contributed by atoms with Gasteiger partial charge in [-0.2, -0.15) is 5.26 Å². The van der Waals surface area contributed by atoms with E-state index in [0.717, 1.165) is 29.8 Å². The predicted molar refractivity (Wildman–Crippen MR) is 177 cm³/mol. The van der Waals surface area contributed by atoms with Crippen LogP contribution in [0.15, 0.2) is 43.0 Å². The first-order valence-electron chi connectivity index (χ1n) is 15.4. The van der Waals surface area contributed by atoms with E-state index in [0.29, 0.717) is 53.9 Å². The van der Waals surface area contributed by atoms with E-state index in [2.05, 4.69) is 51.0 Å². The van der Waals surface area contributed by atoms with Gasteiger partial charge in [0.05, 0.1) is 42.6 Å². The minimum Gasteiger partial charge on any atom is -0.489 e. The number of carbonyl (C=O) groups is 1. The molecule has 1 saturated heterocycles. The summed E-state index contributed by atoms with van der Waals surface area (Å²) in [6.45, 7) is 14.4. The molecule has 4 aromatic rings. The average molecular weight is 644 g/mol. The first-order valence-corrected chi connectivity index (χ1v) is 19.1. The van der Waals surface area contributed by atoms with Crippen LogP contribution in [0.4, 0.5) is 10.6 Å². The first-order chi connectivity index (χ1) is 21.9. The highest BCUT2D eigenvalue weighted by Crippen LogP contribution is 2.34. The molecule has 0 atom stereocenters. The Morgan fingerprint density at radius 3 is 2.65 bits per heavy atom. The van der Waals surface area contributed by atoms with Gasteiger partial charge in [-0.05, 0) is 51.1 Å².